The lowest BCUT2D eigenvalue weighted by Gasteiger charge is -1.98. The summed E-state index contributed by atoms with van der Waals surface area (Å²) < 4.78 is 0.930. The molecule has 68 valence electrons. The summed E-state index contributed by atoms with van der Waals surface area (Å²) in [5.41, 5.74) is -0.116. The second-order valence-electron chi connectivity index (χ2n) is 3.61. The Hall–Kier alpha value is 0.170. The lowest BCUT2D eigenvalue weighted by molar-refractivity contribution is -0.139. The predicted octanol–water partition coefficient (Wildman–Crippen LogP) is 2.97. The fraction of sp³-hybridized carbons (Fsp3) is 0.625. The molecule has 1 fully saturated rings. The van der Waals surface area contributed by atoms with Crippen molar-refractivity contribution < 1.29 is 9.90 Å². The first-order valence-electron chi connectivity index (χ1n) is 3.61. The van der Waals surface area contributed by atoms with Gasteiger partial charge in [-0.1, -0.05) is 45.7 Å². The van der Waals surface area contributed by atoms with E-state index in [2.05, 4.69) is 31.9 Å². The van der Waals surface area contributed by atoms with Crippen LogP contribution in [0.4, 0.5) is 0 Å². The van der Waals surface area contributed by atoms with E-state index in [9.17, 15) is 4.79 Å². The molecule has 0 heterocycles. The highest BCUT2D eigenvalue weighted by Gasteiger charge is 2.63. The molecule has 1 aliphatic carbocycles. The average Bonchev–Trinajstić information content (AvgIpc) is 2.52. The molecule has 0 spiro atoms. The molecule has 0 saturated heterocycles. The third-order valence-corrected chi connectivity index (χ3v) is 4.32. The lowest BCUT2D eigenvalue weighted by atomic mass is 10.1. The van der Waals surface area contributed by atoms with E-state index in [0.717, 1.165) is 4.48 Å². The summed E-state index contributed by atoms with van der Waals surface area (Å²) in [5.74, 6) is -0.841. The standard InChI is InChI=1S/C8H10Br2O2/c1-8(2)5(4(10)3-9)6(8)7(11)12/h3,5-6H,1-2H3,(H,11,12)/b4-3-/t5?,6-/m0/s1. The number of aliphatic carboxylic acids is 1. The van der Waals surface area contributed by atoms with Crippen LogP contribution in [0.3, 0.4) is 0 Å². The van der Waals surface area contributed by atoms with Crippen LogP contribution in [0.5, 0.6) is 0 Å². The lowest BCUT2D eigenvalue weighted by Crippen LogP contribution is -2.03. The summed E-state index contributed by atoms with van der Waals surface area (Å²) in [6.45, 7) is 3.93. The Kier molecular flexibility index (Phi) is 2.69. The number of halogens is 2. The van der Waals surface area contributed by atoms with Gasteiger partial charge in [0.25, 0.3) is 0 Å². The third-order valence-electron chi connectivity index (χ3n) is 2.49. The molecule has 2 atom stereocenters. The first kappa shape index (κ1) is 10.3. The molecule has 2 nitrogen and oxygen atoms in total. The number of carbonyl (C=O) groups is 1. The van der Waals surface area contributed by atoms with E-state index >= 15 is 0 Å². The molecule has 0 amide bonds. The summed E-state index contributed by atoms with van der Waals surface area (Å²) in [6, 6.07) is 0. The highest BCUT2D eigenvalue weighted by atomic mass is 79.9. The van der Waals surface area contributed by atoms with Gasteiger partial charge in [0.1, 0.15) is 0 Å². The Morgan fingerprint density at radius 2 is 2.00 bits per heavy atom. The van der Waals surface area contributed by atoms with Crippen LogP contribution in [0.1, 0.15) is 13.8 Å². The zero-order valence-electron chi connectivity index (χ0n) is 6.84. The molecule has 4 heteroatoms. The predicted molar refractivity (Wildman–Crippen MR) is 54.3 cm³/mol. The molecular formula is C8H10Br2O2. The fourth-order valence-electron chi connectivity index (χ4n) is 1.68. The van der Waals surface area contributed by atoms with Gasteiger partial charge in [0.05, 0.1) is 5.92 Å². The van der Waals surface area contributed by atoms with E-state index in [1.807, 2.05) is 13.8 Å². The second kappa shape index (κ2) is 3.14. The van der Waals surface area contributed by atoms with Crippen LogP contribution in [0.25, 0.3) is 0 Å². The molecule has 12 heavy (non-hydrogen) atoms. The molecule has 0 aromatic rings. The van der Waals surface area contributed by atoms with Crippen molar-refractivity contribution >= 4 is 37.8 Å². The first-order valence-corrected chi connectivity index (χ1v) is 5.32. The quantitative estimate of drug-likeness (QED) is 0.851. The normalized spacial score (nSPS) is 33.2. The van der Waals surface area contributed by atoms with Gasteiger partial charge < -0.3 is 5.11 Å². The largest absolute Gasteiger partial charge is 0.481 e. The number of hydrogen-bond acceptors (Lipinski definition) is 1. The van der Waals surface area contributed by atoms with Crippen LogP contribution >= 0.6 is 31.9 Å². The SMILES string of the molecule is CC1(C)C(/C(Br)=C/Br)[C@H]1C(=O)O. The summed E-state index contributed by atoms with van der Waals surface area (Å²) in [6.07, 6.45) is 0. The van der Waals surface area contributed by atoms with E-state index in [0.29, 0.717) is 0 Å². The van der Waals surface area contributed by atoms with Crippen molar-refractivity contribution in [2.24, 2.45) is 17.3 Å². The van der Waals surface area contributed by atoms with E-state index in [1.165, 1.54) is 0 Å². The van der Waals surface area contributed by atoms with Gasteiger partial charge >= 0.3 is 5.97 Å². The molecular weight excluding hydrogens is 288 g/mol. The summed E-state index contributed by atoms with van der Waals surface area (Å²) in [5, 5.41) is 8.84. The van der Waals surface area contributed by atoms with Crippen LogP contribution in [-0.4, -0.2) is 11.1 Å². The van der Waals surface area contributed by atoms with E-state index < -0.39 is 5.97 Å². The van der Waals surface area contributed by atoms with Gasteiger partial charge in [0.2, 0.25) is 0 Å². The van der Waals surface area contributed by atoms with Crippen molar-refractivity contribution in [3.63, 3.8) is 0 Å². The molecule has 0 radical (unpaired) electrons. The zero-order valence-corrected chi connectivity index (χ0v) is 10.0. The maximum atomic E-state index is 10.7. The Morgan fingerprint density at radius 3 is 2.25 bits per heavy atom. The molecule has 1 rings (SSSR count). The molecule has 1 saturated carbocycles. The number of carboxylic acids is 1. The molecule has 0 bridgehead atoms. The Labute approximate surface area is 88.3 Å². The minimum Gasteiger partial charge on any atom is -0.481 e. The molecule has 1 N–H and O–H groups in total. The second-order valence-corrected chi connectivity index (χ2v) is 4.98. The monoisotopic (exact) mass is 296 g/mol. The maximum Gasteiger partial charge on any atom is 0.307 e. The number of rotatable bonds is 2. The molecule has 0 aromatic heterocycles. The Bertz CT molecular complexity index is 245. The van der Waals surface area contributed by atoms with Gasteiger partial charge in [0, 0.05) is 10.4 Å². The maximum absolute atomic E-state index is 10.7. The van der Waals surface area contributed by atoms with Gasteiger partial charge in [-0.3, -0.25) is 4.79 Å². The fourth-order valence-corrected chi connectivity index (χ4v) is 2.82. The van der Waals surface area contributed by atoms with Crippen LogP contribution < -0.4 is 0 Å². The van der Waals surface area contributed by atoms with Crippen molar-refractivity contribution in [1.29, 1.82) is 0 Å². The summed E-state index contributed by atoms with van der Waals surface area (Å²) in [7, 11) is 0. The number of hydrogen-bond donors (Lipinski definition) is 1. The summed E-state index contributed by atoms with van der Waals surface area (Å²) >= 11 is 6.52. The van der Waals surface area contributed by atoms with E-state index in [1.54, 1.807) is 4.99 Å². The summed E-state index contributed by atoms with van der Waals surface area (Å²) in [4.78, 5) is 12.5. The minimum absolute atomic E-state index is 0.116. The van der Waals surface area contributed by atoms with Crippen molar-refractivity contribution in [2.45, 2.75) is 13.8 Å². The van der Waals surface area contributed by atoms with Crippen molar-refractivity contribution in [3.05, 3.63) is 9.47 Å². The molecule has 1 aliphatic rings. The zero-order chi connectivity index (χ0) is 9.52. The van der Waals surface area contributed by atoms with Crippen LogP contribution in [0.15, 0.2) is 9.47 Å². The van der Waals surface area contributed by atoms with Crippen molar-refractivity contribution in [2.75, 3.05) is 0 Å². The van der Waals surface area contributed by atoms with Crippen LogP contribution in [-0.2, 0) is 4.79 Å². The minimum atomic E-state index is -0.712. The first-order chi connectivity index (χ1) is 5.42. The van der Waals surface area contributed by atoms with Gasteiger partial charge in [-0.15, -0.1) is 0 Å². The molecule has 0 aromatic carbocycles. The molecule has 0 aliphatic heterocycles. The van der Waals surface area contributed by atoms with Crippen molar-refractivity contribution in [1.82, 2.24) is 0 Å². The van der Waals surface area contributed by atoms with E-state index in [-0.39, 0.29) is 17.3 Å². The Morgan fingerprint density at radius 1 is 1.50 bits per heavy atom. The third kappa shape index (κ3) is 1.46. The average molecular weight is 298 g/mol. The van der Waals surface area contributed by atoms with Gasteiger partial charge in [0.15, 0.2) is 0 Å². The smallest absolute Gasteiger partial charge is 0.307 e. The van der Waals surface area contributed by atoms with Gasteiger partial charge in [-0.05, 0) is 10.4 Å². The highest BCUT2D eigenvalue weighted by Crippen LogP contribution is 2.63. The Balaban J connectivity index is 2.80. The van der Waals surface area contributed by atoms with Gasteiger partial charge in [-0.2, -0.15) is 0 Å². The highest BCUT2D eigenvalue weighted by molar-refractivity contribution is 9.14. The van der Waals surface area contributed by atoms with E-state index in [4.69, 9.17) is 5.11 Å². The molecule has 1 unspecified atom stereocenters. The van der Waals surface area contributed by atoms with Crippen molar-refractivity contribution in [3.8, 4) is 0 Å². The van der Waals surface area contributed by atoms with Crippen LogP contribution in [0, 0.1) is 17.3 Å². The topological polar surface area (TPSA) is 37.3 Å². The van der Waals surface area contributed by atoms with Crippen LogP contribution in [0.2, 0.25) is 0 Å². The number of carboxylic acid groups (broad SMARTS) is 1. The number of allylic oxidation sites excluding steroid dienone is 1. The van der Waals surface area contributed by atoms with Gasteiger partial charge in [-0.25, -0.2) is 0 Å².